The van der Waals surface area contributed by atoms with E-state index in [1.807, 2.05) is 0 Å². The fourth-order valence-electron chi connectivity index (χ4n) is 5.60. The van der Waals surface area contributed by atoms with Crippen LogP contribution in [0.2, 0.25) is 0 Å². The Hall–Kier alpha value is -1.10. The summed E-state index contributed by atoms with van der Waals surface area (Å²) >= 11 is 0. The molecule has 0 aliphatic rings. The maximum atomic E-state index is 12.1. The van der Waals surface area contributed by atoms with E-state index in [1.165, 1.54) is 128 Å². The highest BCUT2D eigenvalue weighted by atomic mass is 16.6. The van der Waals surface area contributed by atoms with Crippen molar-refractivity contribution < 1.29 is 24.2 Å². The van der Waals surface area contributed by atoms with Gasteiger partial charge < -0.3 is 14.6 Å². The van der Waals surface area contributed by atoms with E-state index in [0.717, 1.165) is 43.9 Å². The molecule has 256 valence electrons. The topological polar surface area (TPSA) is 72.8 Å². The SMILES string of the molecule is CCC(C)CCCCCCCCCCCCCCCCC(=O)OC[C@H](CO)OC(=O)CCCCCCCCCCC(C)C. The van der Waals surface area contributed by atoms with Gasteiger partial charge in [-0.2, -0.15) is 0 Å². The summed E-state index contributed by atoms with van der Waals surface area (Å²) in [6.07, 6.45) is 31.6. The highest BCUT2D eigenvalue weighted by Crippen LogP contribution is 2.17. The summed E-state index contributed by atoms with van der Waals surface area (Å²) in [5, 5.41) is 9.52. The summed E-state index contributed by atoms with van der Waals surface area (Å²) in [5.74, 6) is 1.13. The number of hydrogen-bond acceptors (Lipinski definition) is 5. The van der Waals surface area contributed by atoms with Gasteiger partial charge in [0.25, 0.3) is 0 Å². The molecule has 5 heteroatoms. The number of aliphatic hydroxyl groups is 1. The van der Waals surface area contributed by atoms with Crippen molar-refractivity contribution in [2.45, 2.75) is 207 Å². The van der Waals surface area contributed by atoms with Crippen molar-refractivity contribution in [3.63, 3.8) is 0 Å². The Balaban J connectivity index is 3.51. The highest BCUT2D eigenvalue weighted by molar-refractivity contribution is 5.70. The molecule has 0 heterocycles. The van der Waals surface area contributed by atoms with E-state index in [1.54, 1.807) is 0 Å². The van der Waals surface area contributed by atoms with Crippen LogP contribution in [0, 0.1) is 11.8 Å². The molecule has 0 aromatic carbocycles. The number of carbonyl (C=O) groups is 2. The molecule has 0 aromatic heterocycles. The molecule has 0 aliphatic carbocycles. The summed E-state index contributed by atoms with van der Waals surface area (Å²) in [4.78, 5) is 24.2. The van der Waals surface area contributed by atoms with Crippen molar-refractivity contribution in [2.75, 3.05) is 13.2 Å². The molecule has 0 saturated heterocycles. The number of carbonyl (C=O) groups excluding carboxylic acids is 2. The molecule has 0 saturated carbocycles. The van der Waals surface area contributed by atoms with Crippen LogP contribution in [-0.2, 0) is 19.1 Å². The molecule has 0 amide bonds. The van der Waals surface area contributed by atoms with Gasteiger partial charge in [0, 0.05) is 12.8 Å². The maximum absolute atomic E-state index is 12.1. The lowest BCUT2D eigenvalue weighted by atomic mass is 9.99. The highest BCUT2D eigenvalue weighted by Gasteiger charge is 2.16. The van der Waals surface area contributed by atoms with Gasteiger partial charge in [0.1, 0.15) is 6.61 Å². The quantitative estimate of drug-likeness (QED) is 0.0591. The van der Waals surface area contributed by atoms with Crippen LogP contribution >= 0.6 is 0 Å². The number of ether oxygens (including phenoxy) is 2. The Morgan fingerprint density at radius 1 is 0.535 bits per heavy atom. The van der Waals surface area contributed by atoms with Crippen LogP contribution in [0.5, 0.6) is 0 Å². The van der Waals surface area contributed by atoms with Crippen molar-refractivity contribution in [2.24, 2.45) is 11.8 Å². The first-order chi connectivity index (χ1) is 20.9. The second kappa shape index (κ2) is 32.3. The lowest BCUT2D eigenvalue weighted by Gasteiger charge is -2.15. The minimum absolute atomic E-state index is 0.0594. The van der Waals surface area contributed by atoms with Crippen LogP contribution < -0.4 is 0 Å². The third-order valence-electron chi connectivity index (χ3n) is 8.87. The van der Waals surface area contributed by atoms with Crippen LogP contribution in [0.1, 0.15) is 201 Å². The van der Waals surface area contributed by atoms with E-state index in [2.05, 4.69) is 27.7 Å². The van der Waals surface area contributed by atoms with Gasteiger partial charge in [-0.25, -0.2) is 0 Å². The molecular weight excluding hydrogens is 536 g/mol. The molecule has 5 nitrogen and oxygen atoms in total. The number of unbranched alkanes of at least 4 members (excludes halogenated alkanes) is 20. The summed E-state index contributed by atoms with van der Waals surface area (Å²) < 4.78 is 10.6. The van der Waals surface area contributed by atoms with Gasteiger partial charge in [0.05, 0.1) is 6.61 Å². The Labute approximate surface area is 268 Å². The molecule has 1 N–H and O–H groups in total. The van der Waals surface area contributed by atoms with Gasteiger partial charge in [-0.3, -0.25) is 9.59 Å². The van der Waals surface area contributed by atoms with E-state index >= 15 is 0 Å². The first-order valence-electron chi connectivity index (χ1n) is 18.8. The van der Waals surface area contributed by atoms with E-state index in [0.29, 0.717) is 12.8 Å². The predicted octanol–water partition coefficient (Wildman–Crippen LogP) is 11.3. The summed E-state index contributed by atoms with van der Waals surface area (Å²) in [5.41, 5.74) is 0. The van der Waals surface area contributed by atoms with Crippen molar-refractivity contribution >= 4 is 11.9 Å². The minimum Gasteiger partial charge on any atom is -0.462 e. The average molecular weight is 611 g/mol. The molecule has 0 fully saturated rings. The molecule has 1 unspecified atom stereocenters. The fraction of sp³-hybridized carbons (Fsp3) is 0.947. The van der Waals surface area contributed by atoms with Crippen LogP contribution in [0.3, 0.4) is 0 Å². The van der Waals surface area contributed by atoms with Crippen molar-refractivity contribution in [1.29, 1.82) is 0 Å². The summed E-state index contributed by atoms with van der Waals surface area (Å²) in [7, 11) is 0. The van der Waals surface area contributed by atoms with Gasteiger partial charge >= 0.3 is 11.9 Å². The first kappa shape index (κ1) is 41.9. The van der Waals surface area contributed by atoms with Crippen molar-refractivity contribution in [3.05, 3.63) is 0 Å². The average Bonchev–Trinajstić information content (AvgIpc) is 2.99. The number of hydrogen-bond donors (Lipinski definition) is 1. The lowest BCUT2D eigenvalue weighted by Crippen LogP contribution is -2.28. The van der Waals surface area contributed by atoms with Crippen LogP contribution in [0.15, 0.2) is 0 Å². The zero-order valence-electron chi connectivity index (χ0n) is 29.3. The van der Waals surface area contributed by atoms with Crippen LogP contribution in [-0.4, -0.2) is 36.4 Å². The molecule has 0 radical (unpaired) electrons. The number of rotatable bonds is 33. The minimum atomic E-state index is -0.762. The van der Waals surface area contributed by atoms with Crippen molar-refractivity contribution in [1.82, 2.24) is 0 Å². The zero-order valence-corrected chi connectivity index (χ0v) is 29.3. The fourth-order valence-corrected chi connectivity index (χ4v) is 5.60. The smallest absolute Gasteiger partial charge is 0.306 e. The molecule has 0 rings (SSSR count). The first-order valence-corrected chi connectivity index (χ1v) is 18.8. The Morgan fingerprint density at radius 3 is 1.30 bits per heavy atom. The molecular formula is C38H74O5. The normalized spacial score (nSPS) is 12.9. The van der Waals surface area contributed by atoms with E-state index < -0.39 is 6.10 Å². The third kappa shape index (κ3) is 32.1. The number of esters is 2. The Kier molecular flexibility index (Phi) is 31.5. The molecule has 0 bridgehead atoms. The third-order valence-corrected chi connectivity index (χ3v) is 8.87. The van der Waals surface area contributed by atoms with E-state index in [-0.39, 0.29) is 25.2 Å². The van der Waals surface area contributed by atoms with Crippen LogP contribution in [0.4, 0.5) is 0 Å². The van der Waals surface area contributed by atoms with E-state index in [9.17, 15) is 14.7 Å². The zero-order chi connectivity index (χ0) is 31.8. The molecule has 0 aliphatic heterocycles. The van der Waals surface area contributed by atoms with Gasteiger partial charge in [-0.1, -0.05) is 175 Å². The lowest BCUT2D eigenvalue weighted by molar-refractivity contribution is -0.161. The van der Waals surface area contributed by atoms with Gasteiger partial charge in [-0.05, 0) is 24.7 Å². The standard InChI is InChI=1S/C38H74O5/c1-5-35(4)29-25-21-17-12-10-8-6-7-9-11-13-18-22-26-30-37(40)42-33-36(32-39)43-38(41)31-27-23-19-15-14-16-20-24-28-34(2)3/h34-36,39H,5-33H2,1-4H3/t35?,36-/m0/s1. The molecule has 0 spiro atoms. The predicted molar refractivity (Wildman–Crippen MR) is 182 cm³/mol. The summed E-state index contributed by atoms with van der Waals surface area (Å²) in [6.45, 7) is 8.84. The Bertz CT molecular complexity index is 605. The van der Waals surface area contributed by atoms with Gasteiger partial charge in [0.2, 0.25) is 0 Å². The second-order valence-corrected chi connectivity index (χ2v) is 13.7. The number of aliphatic hydroxyl groups excluding tert-OH is 1. The van der Waals surface area contributed by atoms with Crippen molar-refractivity contribution in [3.8, 4) is 0 Å². The second-order valence-electron chi connectivity index (χ2n) is 13.7. The largest absolute Gasteiger partial charge is 0.462 e. The van der Waals surface area contributed by atoms with E-state index in [4.69, 9.17) is 9.47 Å². The molecule has 2 atom stereocenters. The van der Waals surface area contributed by atoms with Gasteiger partial charge in [-0.15, -0.1) is 0 Å². The Morgan fingerprint density at radius 2 is 0.907 bits per heavy atom. The van der Waals surface area contributed by atoms with Crippen LogP contribution in [0.25, 0.3) is 0 Å². The summed E-state index contributed by atoms with van der Waals surface area (Å²) in [6, 6.07) is 0. The molecule has 0 aromatic rings. The maximum Gasteiger partial charge on any atom is 0.306 e. The monoisotopic (exact) mass is 611 g/mol. The van der Waals surface area contributed by atoms with Gasteiger partial charge in [0.15, 0.2) is 6.10 Å². The molecule has 43 heavy (non-hydrogen) atoms.